The smallest absolute Gasteiger partial charge is 0.251 e. The van der Waals surface area contributed by atoms with Crippen molar-refractivity contribution in [3.05, 3.63) is 35.6 Å². The molecule has 3 N–H and O–H groups in total. The summed E-state index contributed by atoms with van der Waals surface area (Å²) < 4.78 is 12.9. The summed E-state index contributed by atoms with van der Waals surface area (Å²) in [6.45, 7) is 5.60. The van der Waals surface area contributed by atoms with Crippen LogP contribution in [0.5, 0.6) is 0 Å². The van der Waals surface area contributed by atoms with Gasteiger partial charge in [-0.25, -0.2) is 4.39 Å². The van der Waals surface area contributed by atoms with Gasteiger partial charge in [0, 0.05) is 25.6 Å². The Bertz CT molecular complexity index is 558. The highest BCUT2D eigenvalue weighted by molar-refractivity contribution is 5.97. The number of benzene rings is 1. The monoisotopic (exact) mass is 323 g/mol. The first-order chi connectivity index (χ1) is 10.8. The van der Waals surface area contributed by atoms with E-state index in [0.717, 1.165) is 0 Å². The summed E-state index contributed by atoms with van der Waals surface area (Å²) in [5.41, 5.74) is 0.281. The Labute approximate surface area is 134 Å². The summed E-state index contributed by atoms with van der Waals surface area (Å²) in [5.74, 6) is -1.51. The van der Waals surface area contributed by atoms with Gasteiger partial charge in [0.2, 0.25) is 11.8 Å². The Balaban J connectivity index is 2.60. The predicted octanol–water partition coefficient (Wildman–Crippen LogP) is 0.832. The molecule has 7 heteroatoms. The van der Waals surface area contributed by atoms with Crippen molar-refractivity contribution in [2.24, 2.45) is 5.92 Å². The van der Waals surface area contributed by atoms with E-state index in [1.54, 1.807) is 0 Å². The van der Waals surface area contributed by atoms with E-state index >= 15 is 0 Å². The molecule has 0 saturated carbocycles. The van der Waals surface area contributed by atoms with Gasteiger partial charge in [0.1, 0.15) is 11.9 Å². The SMILES string of the molecule is CC(=O)NCCNC(=O)[C@H](NC(=O)c1ccc(F)cc1)C(C)C. The Morgan fingerprint density at radius 1 is 1.04 bits per heavy atom. The molecule has 0 aliphatic carbocycles. The van der Waals surface area contributed by atoms with E-state index in [4.69, 9.17) is 0 Å². The molecular formula is C16H22FN3O3. The van der Waals surface area contributed by atoms with Gasteiger partial charge in [0.05, 0.1) is 0 Å². The van der Waals surface area contributed by atoms with E-state index in [1.165, 1.54) is 31.2 Å². The molecule has 0 saturated heterocycles. The molecule has 0 bridgehead atoms. The molecule has 3 amide bonds. The van der Waals surface area contributed by atoms with Gasteiger partial charge in [-0.15, -0.1) is 0 Å². The zero-order valence-corrected chi connectivity index (χ0v) is 13.5. The summed E-state index contributed by atoms with van der Waals surface area (Å²) in [4.78, 5) is 35.0. The van der Waals surface area contributed by atoms with Crippen LogP contribution in [0.1, 0.15) is 31.1 Å². The molecule has 0 fully saturated rings. The molecule has 0 aliphatic heterocycles. The number of carbonyl (C=O) groups is 3. The standard InChI is InChI=1S/C16H22FN3O3/c1-10(2)14(16(23)19-9-8-18-11(3)21)20-15(22)12-4-6-13(17)7-5-12/h4-7,10,14H,8-9H2,1-3H3,(H,18,21)(H,19,23)(H,20,22)/t14-/m1/s1. The van der Waals surface area contributed by atoms with E-state index in [-0.39, 0.29) is 29.8 Å². The Hall–Kier alpha value is -2.44. The Morgan fingerprint density at radius 3 is 2.13 bits per heavy atom. The van der Waals surface area contributed by atoms with Gasteiger partial charge >= 0.3 is 0 Å². The second-order valence-corrected chi connectivity index (χ2v) is 5.48. The number of carbonyl (C=O) groups excluding carboxylic acids is 3. The topological polar surface area (TPSA) is 87.3 Å². The van der Waals surface area contributed by atoms with Crippen molar-refractivity contribution in [3.8, 4) is 0 Å². The van der Waals surface area contributed by atoms with E-state index in [9.17, 15) is 18.8 Å². The van der Waals surface area contributed by atoms with Gasteiger partial charge in [-0.3, -0.25) is 14.4 Å². The van der Waals surface area contributed by atoms with Gasteiger partial charge in [0.25, 0.3) is 5.91 Å². The normalized spacial score (nSPS) is 11.7. The van der Waals surface area contributed by atoms with E-state index in [1.807, 2.05) is 13.8 Å². The van der Waals surface area contributed by atoms with Crippen LogP contribution in [0.3, 0.4) is 0 Å². The molecule has 0 spiro atoms. The molecule has 1 atom stereocenters. The van der Waals surface area contributed by atoms with Crippen molar-refractivity contribution in [3.63, 3.8) is 0 Å². The maximum absolute atomic E-state index is 12.9. The lowest BCUT2D eigenvalue weighted by atomic mass is 10.0. The van der Waals surface area contributed by atoms with Crippen molar-refractivity contribution in [2.75, 3.05) is 13.1 Å². The fraction of sp³-hybridized carbons (Fsp3) is 0.438. The summed E-state index contributed by atoms with van der Waals surface area (Å²) in [6.07, 6.45) is 0. The summed E-state index contributed by atoms with van der Waals surface area (Å²) >= 11 is 0. The summed E-state index contributed by atoms with van der Waals surface area (Å²) in [7, 11) is 0. The molecule has 1 aromatic carbocycles. The van der Waals surface area contributed by atoms with Crippen LogP contribution in [0.2, 0.25) is 0 Å². The number of hydrogen-bond acceptors (Lipinski definition) is 3. The van der Waals surface area contributed by atoms with Crippen LogP contribution in [0.4, 0.5) is 4.39 Å². The minimum Gasteiger partial charge on any atom is -0.355 e. The molecule has 0 unspecified atom stereocenters. The third kappa shape index (κ3) is 6.46. The average molecular weight is 323 g/mol. The molecule has 0 radical (unpaired) electrons. The lowest BCUT2D eigenvalue weighted by molar-refractivity contribution is -0.124. The Morgan fingerprint density at radius 2 is 1.61 bits per heavy atom. The van der Waals surface area contributed by atoms with E-state index in [0.29, 0.717) is 6.54 Å². The Kier molecular flexibility index (Phi) is 7.18. The zero-order valence-electron chi connectivity index (χ0n) is 13.5. The second-order valence-electron chi connectivity index (χ2n) is 5.48. The van der Waals surface area contributed by atoms with Crippen molar-refractivity contribution >= 4 is 17.7 Å². The summed E-state index contributed by atoms with van der Waals surface area (Å²) in [5, 5.41) is 7.86. The highest BCUT2D eigenvalue weighted by Crippen LogP contribution is 2.06. The largest absolute Gasteiger partial charge is 0.355 e. The number of hydrogen-bond donors (Lipinski definition) is 3. The average Bonchev–Trinajstić information content (AvgIpc) is 2.48. The van der Waals surface area contributed by atoms with Gasteiger partial charge in [-0.2, -0.15) is 0 Å². The molecule has 126 valence electrons. The number of nitrogens with one attached hydrogen (secondary N) is 3. The molecule has 0 aliphatic rings. The first-order valence-corrected chi connectivity index (χ1v) is 7.40. The van der Waals surface area contributed by atoms with Crippen molar-refractivity contribution in [1.82, 2.24) is 16.0 Å². The number of rotatable bonds is 7. The van der Waals surface area contributed by atoms with Crippen LogP contribution < -0.4 is 16.0 Å². The molecule has 1 rings (SSSR count). The predicted molar refractivity (Wildman–Crippen MR) is 84.2 cm³/mol. The van der Waals surface area contributed by atoms with Crippen LogP contribution in [-0.2, 0) is 9.59 Å². The fourth-order valence-corrected chi connectivity index (χ4v) is 1.89. The van der Waals surface area contributed by atoms with Crippen molar-refractivity contribution < 1.29 is 18.8 Å². The zero-order chi connectivity index (χ0) is 17.4. The molecule has 1 aromatic rings. The third-order valence-electron chi connectivity index (χ3n) is 3.14. The van der Waals surface area contributed by atoms with Crippen LogP contribution in [0.15, 0.2) is 24.3 Å². The lowest BCUT2D eigenvalue weighted by Gasteiger charge is -2.21. The maximum Gasteiger partial charge on any atom is 0.251 e. The quantitative estimate of drug-likeness (QED) is 0.650. The fourth-order valence-electron chi connectivity index (χ4n) is 1.89. The second kappa shape index (κ2) is 8.87. The van der Waals surface area contributed by atoms with Crippen molar-refractivity contribution in [1.29, 1.82) is 0 Å². The number of halogens is 1. The van der Waals surface area contributed by atoms with Gasteiger partial charge in [-0.1, -0.05) is 13.8 Å². The first-order valence-electron chi connectivity index (χ1n) is 7.40. The minimum absolute atomic E-state index is 0.125. The van der Waals surface area contributed by atoms with Crippen LogP contribution in [0.25, 0.3) is 0 Å². The highest BCUT2D eigenvalue weighted by atomic mass is 19.1. The lowest BCUT2D eigenvalue weighted by Crippen LogP contribution is -2.50. The molecule has 0 aromatic heterocycles. The number of amides is 3. The van der Waals surface area contributed by atoms with E-state index < -0.39 is 17.8 Å². The molecule has 6 nitrogen and oxygen atoms in total. The van der Waals surface area contributed by atoms with Crippen LogP contribution in [-0.4, -0.2) is 36.9 Å². The molecular weight excluding hydrogens is 301 g/mol. The maximum atomic E-state index is 12.9. The first kappa shape index (κ1) is 18.6. The van der Waals surface area contributed by atoms with Gasteiger partial charge in [-0.05, 0) is 30.2 Å². The third-order valence-corrected chi connectivity index (χ3v) is 3.14. The van der Waals surface area contributed by atoms with E-state index in [2.05, 4.69) is 16.0 Å². The summed E-state index contributed by atoms with van der Waals surface area (Å²) in [6, 6.07) is 4.37. The van der Waals surface area contributed by atoms with Gasteiger partial charge in [0.15, 0.2) is 0 Å². The molecule has 23 heavy (non-hydrogen) atoms. The highest BCUT2D eigenvalue weighted by Gasteiger charge is 2.24. The van der Waals surface area contributed by atoms with Crippen LogP contribution in [0, 0.1) is 11.7 Å². The van der Waals surface area contributed by atoms with Gasteiger partial charge < -0.3 is 16.0 Å². The van der Waals surface area contributed by atoms with Crippen LogP contribution >= 0.6 is 0 Å². The minimum atomic E-state index is -0.718. The molecule has 0 heterocycles. The van der Waals surface area contributed by atoms with Crippen molar-refractivity contribution in [2.45, 2.75) is 26.8 Å².